The maximum atomic E-state index is 11.0. The summed E-state index contributed by atoms with van der Waals surface area (Å²) in [6, 6.07) is 9.49. The van der Waals surface area contributed by atoms with Gasteiger partial charge < -0.3 is 4.42 Å². The second-order valence-corrected chi connectivity index (χ2v) is 4.70. The molecular weight excluding hydrogens is 264 g/mol. The molecule has 1 amide bonds. The number of halogens is 1. The molecule has 0 spiro atoms. The number of hydrogen-bond donors (Lipinski definition) is 2. The van der Waals surface area contributed by atoms with Gasteiger partial charge in [0.15, 0.2) is 0 Å². The predicted octanol–water partition coefficient (Wildman–Crippen LogP) is 2.83. The Kier molecular flexibility index (Phi) is 4.24. The molecule has 1 aromatic heterocycles. The van der Waals surface area contributed by atoms with Gasteiger partial charge in [-0.2, -0.15) is 0 Å². The second kappa shape index (κ2) is 5.91. The summed E-state index contributed by atoms with van der Waals surface area (Å²) in [6.07, 6.45) is 0.820. The summed E-state index contributed by atoms with van der Waals surface area (Å²) in [4.78, 5) is 11.0. The van der Waals surface area contributed by atoms with Gasteiger partial charge >= 0.3 is 0 Å². The van der Waals surface area contributed by atoms with Crippen molar-refractivity contribution in [3.8, 4) is 11.3 Å². The van der Waals surface area contributed by atoms with Gasteiger partial charge in [-0.05, 0) is 30.7 Å². The average molecular weight is 279 g/mol. The van der Waals surface area contributed by atoms with Crippen LogP contribution in [0.25, 0.3) is 11.3 Å². The number of rotatable bonds is 4. The van der Waals surface area contributed by atoms with E-state index in [1.807, 2.05) is 37.3 Å². The van der Waals surface area contributed by atoms with Crippen LogP contribution in [0.1, 0.15) is 17.7 Å². The van der Waals surface area contributed by atoms with Crippen LogP contribution in [-0.4, -0.2) is 5.91 Å². The molecule has 0 aliphatic rings. The van der Waals surface area contributed by atoms with E-state index in [-0.39, 0.29) is 5.91 Å². The molecule has 2 rings (SSSR count). The molecule has 5 heteroatoms. The highest BCUT2D eigenvalue weighted by Crippen LogP contribution is 2.27. The topological polar surface area (TPSA) is 68.3 Å². The van der Waals surface area contributed by atoms with Gasteiger partial charge in [0.2, 0.25) is 5.91 Å². The zero-order chi connectivity index (χ0) is 13.8. The van der Waals surface area contributed by atoms with Gasteiger partial charge in [0.1, 0.15) is 11.5 Å². The van der Waals surface area contributed by atoms with Crippen molar-refractivity contribution in [3.63, 3.8) is 0 Å². The van der Waals surface area contributed by atoms with E-state index in [9.17, 15) is 4.79 Å². The smallest absolute Gasteiger partial charge is 0.234 e. The molecule has 0 aliphatic carbocycles. The Hall–Kier alpha value is -1.78. The normalized spacial score (nSPS) is 10.5. The minimum Gasteiger partial charge on any atom is -0.461 e. The van der Waals surface area contributed by atoms with E-state index in [4.69, 9.17) is 21.9 Å². The Morgan fingerprint density at radius 1 is 1.37 bits per heavy atom. The highest BCUT2D eigenvalue weighted by molar-refractivity contribution is 6.31. The zero-order valence-corrected chi connectivity index (χ0v) is 11.3. The van der Waals surface area contributed by atoms with E-state index in [0.29, 0.717) is 17.9 Å². The molecule has 0 saturated heterocycles. The molecule has 0 saturated carbocycles. The summed E-state index contributed by atoms with van der Waals surface area (Å²) in [5, 5.41) is 0.706. The fourth-order valence-electron chi connectivity index (χ4n) is 1.72. The molecule has 1 aromatic carbocycles. The molecule has 0 fully saturated rings. The first-order valence-electron chi connectivity index (χ1n) is 5.95. The number of carbonyl (C=O) groups excluding carboxylic acids is 1. The summed E-state index contributed by atoms with van der Waals surface area (Å²) in [6.45, 7) is 1.95. The van der Waals surface area contributed by atoms with Crippen molar-refractivity contribution in [1.82, 2.24) is 5.43 Å². The number of furan rings is 1. The largest absolute Gasteiger partial charge is 0.461 e. The van der Waals surface area contributed by atoms with Gasteiger partial charge in [-0.25, -0.2) is 5.84 Å². The van der Waals surface area contributed by atoms with Crippen LogP contribution in [0, 0.1) is 6.92 Å². The number of carbonyl (C=O) groups is 1. The van der Waals surface area contributed by atoms with E-state index in [1.165, 1.54) is 0 Å². The number of hydrazine groups is 1. The molecule has 0 unspecified atom stereocenters. The van der Waals surface area contributed by atoms with Crippen LogP contribution in [0.4, 0.5) is 0 Å². The van der Waals surface area contributed by atoms with E-state index in [0.717, 1.165) is 22.6 Å². The maximum Gasteiger partial charge on any atom is 0.234 e. The monoisotopic (exact) mass is 278 g/mol. The van der Waals surface area contributed by atoms with Crippen LogP contribution >= 0.6 is 11.6 Å². The second-order valence-electron chi connectivity index (χ2n) is 4.30. The van der Waals surface area contributed by atoms with Crippen molar-refractivity contribution in [2.45, 2.75) is 19.8 Å². The van der Waals surface area contributed by atoms with Gasteiger partial charge in [0, 0.05) is 23.4 Å². The summed E-state index contributed by atoms with van der Waals surface area (Å²) >= 11 is 6.08. The van der Waals surface area contributed by atoms with Crippen molar-refractivity contribution in [1.29, 1.82) is 0 Å². The lowest BCUT2D eigenvalue weighted by atomic mass is 10.1. The minimum absolute atomic E-state index is 0.212. The molecule has 19 heavy (non-hydrogen) atoms. The quantitative estimate of drug-likeness (QED) is 0.513. The van der Waals surface area contributed by atoms with Crippen molar-refractivity contribution in [3.05, 3.63) is 46.7 Å². The third-order valence-corrected chi connectivity index (χ3v) is 3.28. The number of benzene rings is 1. The Bertz CT molecular complexity index is 593. The van der Waals surface area contributed by atoms with Crippen LogP contribution in [-0.2, 0) is 11.2 Å². The molecule has 100 valence electrons. The van der Waals surface area contributed by atoms with E-state index < -0.39 is 0 Å². The molecule has 2 aromatic rings. The third kappa shape index (κ3) is 3.36. The first kappa shape index (κ1) is 13.6. The maximum absolute atomic E-state index is 11.0. The molecule has 1 heterocycles. The Labute approximate surface area is 116 Å². The summed E-state index contributed by atoms with van der Waals surface area (Å²) in [7, 11) is 0. The number of aryl methyl sites for hydroxylation is 2. The summed E-state index contributed by atoms with van der Waals surface area (Å²) in [5.74, 6) is 6.29. The summed E-state index contributed by atoms with van der Waals surface area (Å²) in [5.41, 5.74) is 4.04. The molecule has 0 radical (unpaired) electrons. The van der Waals surface area contributed by atoms with Crippen molar-refractivity contribution in [2.75, 3.05) is 0 Å². The van der Waals surface area contributed by atoms with Crippen LogP contribution in [0.3, 0.4) is 0 Å². The van der Waals surface area contributed by atoms with Crippen LogP contribution in [0.15, 0.2) is 34.7 Å². The lowest BCUT2D eigenvalue weighted by molar-refractivity contribution is -0.121. The molecule has 0 bridgehead atoms. The fourth-order valence-corrected chi connectivity index (χ4v) is 1.90. The van der Waals surface area contributed by atoms with Gasteiger partial charge in [-0.1, -0.05) is 23.7 Å². The van der Waals surface area contributed by atoms with Crippen molar-refractivity contribution < 1.29 is 9.21 Å². The Morgan fingerprint density at radius 3 is 2.84 bits per heavy atom. The van der Waals surface area contributed by atoms with Gasteiger partial charge in [0.05, 0.1) is 0 Å². The molecular formula is C14H15ClN2O2. The van der Waals surface area contributed by atoms with Crippen LogP contribution in [0.5, 0.6) is 0 Å². The van der Waals surface area contributed by atoms with E-state index >= 15 is 0 Å². The van der Waals surface area contributed by atoms with Gasteiger partial charge in [0.25, 0.3) is 0 Å². The first-order valence-corrected chi connectivity index (χ1v) is 6.32. The molecule has 3 N–H and O–H groups in total. The lowest BCUT2D eigenvalue weighted by Gasteiger charge is -2.01. The SMILES string of the molecule is Cc1ccc(-c2ccc(CCC(=O)NN)o2)cc1Cl. The highest BCUT2D eigenvalue weighted by Gasteiger charge is 2.08. The van der Waals surface area contributed by atoms with Crippen LogP contribution < -0.4 is 11.3 Å². The van der Waals surface area contributed by atoms with E-state index in [2.05, 4.69) is 5.43 Å². The average Bonchev–Trinajstić information content (AvgIpc) is 2.88. The third-order valence-electron chi connectivity index (χ3n) is 2.88. The number of amides is 1. The van der Waals surface area contributed by atoms with Crippen molar-refractivity contribution in [2.24, 2.45) is 5.84 Å². The zero-order valence-electron chi connectivity index (χ0n) is 10.6. The summed E-state index contributed by atoms with van der Waals surface area (Å²) < 4.78 is 5.68. The van der Waals surface area contributed by atoms with Crippen LogP contribution in [0.2, 0.25) is 5.02 Å². The lowest BCUT2D eigenvalue weighted by Crippen LogP contribution is -2.30. The van der Waals surface area contributed by atoms with Crippen molar-refractivity contribution >= 4 is 17.5 Å². The first-order chi connectivity index (χ1) is 9.10. The number of nitrogens with one attached hydrogen (secondary N) is 1. The predicted molar refractivity (Wildman–Crippen MR) is 74.5 cm³/mol. The minimum atomic E-state index is -0.212. The Morgan fingerprint density at radius 2 is 2.16 bits per heavy atom. The molecule has 4 nitrogen and oxygen atoms in total. The standard InChI is InChI=1S/C14H15ClN2O2/c1-9-2-3-10(8-12(9)15)13-6-4-11(19-13)5-7-14(18)17-16/h2-4,6,8H,5,7,16H2,1H3,(H,17,18). The van der Waals surface area contributed by atoms with Gasteiger partial charge in [-0.3, -0.25) is 10.2 Å². The highest BCUT2D eigenvalue weighted by atomic mass is 35.5. The molecule has 0 atom stereocenters. The molecule has 0 aliphatic heterocycles. The van der Waals surface area contributed by atoms with Gasteiger partial charge in [-0.15, -0.1) is 0 Å². The number of nitrogens with two attached hydrogens (primary N) is 1. The fraction of sp³-hybridized carbons (Fsp3) is 0.214. The number of hydrogen-bond acceptors (Lipinski definition) is 3. The Balaban J connectivity index is 2.12. The van der Waals surface area contributed by atoms with E-state index in [1.54, 1.807) is 0 Å².